The van der Waals surface area contributed by atoms with Gasteiger partial charge in [0.1, 0.15) is 0 Å². The molecule has 2 unspecified atom stereocenters. The first-order valence-corrected chi connectivity index (χ1v) is 8.15. The Kier molecular flexibility index (Phi) is 6.63. The van der Waals surface area contributed by atoms with Crippen LogP contribution in [0.5, 0.6) is 23.0 Å². The maximum absolute atomic E-state index is 14.0. The van der Waals surface area contributed by atoms with Gasteiger partial charge in [0.15, 0.2) is 29.1 Å². The summed E-state index contributed by atoms with van der Waals surface area (Å²) >= 11 is 0. The lowest BCUT2D eigenvalue weighted by molar-refractivity contribution is -0.297. The highest BCUT2D eigenvalue weighted by atomic mass is 19.4. The second-order valence-corrected chi connectivity index (χ2v) is 5.77. The second kappa shape index (κ2) is 8.57. The first-order chi connectivity index (χ1) is 13.2. The molecule has 0 aliphatic heterocycles. The van der Waals surface area contributed by atoms with Gasteiger partial charge in [0.25, 0.3) is 0 Å². The Hall–Kier alpha value is -2.65. The summed E-state index contributed by atoms with van der Waals surface area (Å²) in [5.74, 6) is 0.253. The molecular weight excluding hydrogens is 381 g/mol. The summed E-state index contributed by atoms with van der Waals surface area (Å²) in [4.78, 5) is 0. The zero-order chi connectivity index (χ0) is 20.9. The summed E-state index contributed by atoms with van der Waals surface area (Å²) in [5.41, 5.74) is -4.12. The van der Waals surface area contributed by atoms with Crippen molar-refractivity contribution in [1.29, 1.82) is 0 Å². The molecule has 0 saturated heterocycles. The van der Waals surface area contributed by atoms with Crippen molar-refractivity contribution in [3.63, 3.8) is 0 Å². The summed E-state index contributed by atoms with van der Waals surface area (Å²) in [5, 5.41) is 20.4. The van der Waals surface area contributed by atoms with Crippen LogP contribution < -0.4 is 18.9 Å². The van der Waals surface area contributed by atoms with Crippen LogP contribution >= 0.6 is 0 Å². The lowest BCUT2D eigenvalue weighted by Crippen LogP contribution is -2.55. The molecule has 0 bridgehead atoms. The van der Waals surface area contributed by atoms with Crippen LogP contribution in [0.2, 0.25) is 0 Å². The number of benzene rings is 2. The SMILES string of the molecule is COc1ccc(C(O)(C(CO)Oc2ccccc2OC)C(F)(F)F)cc1OC. The zero-order valence-electron chi connectivity index (χ0n) is 15.5. The number of ether oxygens (including phenoxy) is 4. The van der Waals surface area contributed by atoms with Crippen LogP contribution in [0.1, 0.15) is 5.56 Å². The number of hydrogen-bond donors (Lipinski definition) is 2. The van der Waals surface area contributed by atoms with Gasteiger partial charge in [-0.2, -0.15) is 13.2 Å². The number of rotatable bonds is 8. The van der Waals surface area contributed by atoms with Crippen molar-refractivity contribution in [2.24, 2.45) is 0 Å². The third kappa shape index (κ3) is 3.95. The summed E-state index contributed by atoms with van der Waals surface area (Å²) in [6.07, 6.45) is -7.26. The fourth-order valence-corrected chi connectivity index (χ4v) is 2.73. The van der Waals surface area contributed by atoms with E-state index in [2.05, 4.69) is 0 Å². The number of alkyl halides is 3. The monoisotopic (exact) mass is 402 g/mol. The molecule has 2 N–H and O–H groups in total. The topological polar surface area (TPSA) is 77.4 Å². The molecular formula is C19H21F3O6. The average molecular weight is 402 g/mol. The number of aliphatic hydroxyl groups is 2. The lowest BCUT2D eigenvalue weighted by Gasteiger charge is -2.37. The van der Waals surface area contributed by atoms with Gasteiger partial charge < -0.3 is 29.2 Å². The quantitative estimate of drug-likeness (QED) is 0.707. The van der Waals surface area contributed by atoms with Gasteiger partial charge in [-0.05, 0) is 24.3 Å². The van der Waals surface area contributed by atoms with Crippen molar-refractivity contribution >= 4 is 0 Å². The van der Waals surface area contributed by atoms with E-state index in [0.29, 0.717) is 0 Å². The number of aliphatic hydroxyl groups excluding tert-OH is 1. The van der Waals surface area contributed by atoms with Gasteiger partial charge in [0, 0.05) is 5.56 Å². The molecule has 2 aromatic rings. The number of halogens is 3. The third-order valence-electron chi connectivity index (χ3n) is 4.23. The summed E-state index contributed by atoms with van der Waals surface area (Å²) in [7, 11) is 3.90. The fourth-order valence-electron chi connectivity index (χ4n) is 2.73. The summed E-state index contributed by atoms with van der Waals surface area (Å²) < 4.78 is 62.4. The molecule has 0 amide bonds. The molecule has 0 radical (unpaired) electrons. The third-order valence-corrected chi connectivity index (χ3v) is 4.23. The maximum atomic E-state index is 14.0. The molecule has 154 valence electrons. The fraction of sp³-hybridized carbons (Fsp3) is 0.368. The highest BCUT2D eigenvalue weighted by molar-refractivity contribution is 5.46. The van der Waals surface area contributed by atoms with E-state index in [-0.39, 0.29) is 23.0 Å². The lowest BCUT2D eigenvalue weighted by atomic mass is 9.87. The van der Waals surface area contributed by atoms with Gasteiger partial charge in [-0.25, -0.2) is 0 Å². The Morgan fingerprint density at radius 2 is 1.39 bits per heavy atom. The van der Waals surface area contributed by atoms with Crippen LogP contribution in [0.25, 0.3) is 0 Å². The highest BCUT2D eigenvalue weighted by Crippen LogP contribution is 2.45. The van der Waals surface area contributed by atoms with Gasteiger partial charge in [-0.15, -0.1) is 0 Å². The smallest absolute Gasteiger partial charge is 0.425 e. The molecule has 28 heavy (non-hydrogen) atoms. The van der Waals surface area contributed by atoms with E-state index >= 15 is 0 Å². The van der Waals surface area contributed by atoms with Crippen molar-refractivity contribution in [3.8, 4) is 23.0 Å². The average Bonchev–Trinajstić information content (AvgIpc) is 2.70. The van der Waals surface area contributed by atoms with Crippen LogP contribution in [0.3, 0.4) is 0 Å². The Labute approximate surface area is 160 Å². The van der Waals surface area contributed by atoms with E-state index < -0.39 is 30.1 Å². The Bertz CT molecular complexity index is 795. The number of methoxy groups -OCH3 is 3. The maximum Gasteiger partial charge on any atom is 0.425 e. The van der Waals surface area contributed by atoms with E-state index in [1.165, 1.54) is 45.6 Å². The van der Waals surface area contributed by atoms with Gasteiger partial charge in [-0.1, -0.05) is 18.2 Å². The Balaban J connectivity index is 2.57. The van der Waals surface area contributed by atoms with Crippen molar-refractivity contribution < 1.29 is 42.3 Å². The first-order valence-electron chi connectivity index (χ1n) is 8.15. The van der Waals surface area contributed by atoms with Crippen molar-refractivity contribution in [2.45, 2.75) is 17.9 Å². The van der Waals surface area contributed by atoms with E-state index in [4.69, 9.17) is 18.9 Å². The molecule has 0 heterocycles. The van der Waals surface area contributed by atoms with Crippen LogP contribution in [-0.2, 0) is 5.60 Å². The Morgan fingerprint density at radius 3 is 1.89 bits per heavy atom. The first kappa shape index (κ1) is 21.6. The molecule has 2 rings (SSSR count). The Morgan fingerprint density at radius 1 is 0.857 bits per heavy atom. The standard InChI is InChI=1S/C19H21F3O6/c1-25-13-6-4-5-7-15(13)28-17(11-23)18(24,19(20,21)22)12-8-9-14(26-2)16(10-12)27-3/h4-10,17,23-24H,11H2,1-3H3. The molecule has 9 heteroatoms. The molecule has 2 atom stereocenters. The van der Waals surface area contributed by atoms with Crippen molar-refractivity contribution in [1.82, 2.24) is 0 Å². The molecule has 6 nitrogen and oxygen atoms in total. The van der Waals surface area contributed by atoms with E-state index in [1.54, 1.807) is 6.07 Å². The van der Waals surface area contributed by atoms with Crippen LogP contribution in [0, 0.1) is 0 Å². The van der Waals surface area contributed by atoms with E-state index in [9.17, 15) is 23.4 Å². The minimum atomic E-state index is -5.18. The molecule has 0 fully saturated rings. The summed E-state index contributed by atoms with van der Waals surface area (Å²) in [6, 6.07) is 9.21. The zero-order valence-corrected chi connectivity index (χ0v) is 15.5. The molecule has 2 aromatic carbocycles. The minimum absolute atomic E-state index is 0.0170. The highest BCUT2D eigenvalue weighted by Gasteiger charge is 2.61. The van der Waals surface area contributed by atoms with Gasteiger partial charge >= 0.3 is 6.18 Å². The van der Waals surface area contributed by atoms with Gasteiger partial charge in [0.05, 0.1) is 27.9 Å². The summed E-state index contributed by atoms with van der Waals surface area (Å²) in [6.45, 7) is -1.12. The molecule has 0 aromatic heterocycles. The molecule has 0 saturated carbocycles. The van der Waals surface area contributed by atoms with Crippen molar-refractivity contribution in [2.75, 3.05) is 27.9 Å². The van der Waals surface area contributed by atoms with Gasteiger partial charge in [0.2, 0.25) is 5.60 Å². The van der Waals surface area contributed by atoms with Crippen LogP contribution in [-0.4, -0.2) is 50.4 Å². The van der Waals surface area contributed by atoms with Crippen molar-refractivity contribution in [3.05, 3.63) is 48.0 Å². The number of para-hydroxylation sites is 2. The molecule has 0 aliphatic rings. The second-order valence-electron chi connectivity index (χ2n) is 5.77. The van der Waals surface area contributed by atoms with Gasteiger partial charge in [-0.3, -0.25) is 0 Å². The van der Waals surface area contributed by atoms with Crippen LogP contribution in [0.15, 0.2) is 42.5 Å². The number of hydrogen-bond acceptors (Lipinski definition) is 6. The predicted molar refractivity (Wildman–Crippen MR) is 94.0 cm³/mol. The largest absolute Gasteiger partial charge is 0.493 e. The predicted octanol–water partition coefficient (Wildman–Crippen LogP) is 2.90. The van der Waals surface area contributed by atoms with E-state index in [0.717, 1.165) is 12.1 Å². The van der Waals surface area contributed by atoms with E-state index in [1.807, 2.05) is 0 Å². The normalized spacial score (nSPS) is 14.7. The minimum Gasteiger partial charge on any atom is -0.493 e. The molecule has 0 spiro atoms. The molecule has 0 aliphatic carbocycles. The van der Waals surface area contributed by atoms with Crippen LogP contribution in [0.4, 0.5) is 13.2 Å².